The van der Waals surface area contributed by atoms with Crippen LogP contribution in [-0.4, -0.2) is 17.9 Å². The van der Waals surface area contributed by atoms with Gasteiger partial charge in [-0.2, -0.15) is 0 Å². The highest BCUT2D eigenvalue weighted by molar-refractivity contribution is 7.12. The Balaban J connectivity index is 2.04. The number of thiophene rings is 1. The number of anilines is 2. The normalized spacial score (nSPS) is 11.7. The lowest BCUT2D eigenvalue weighted by Crippen LogP contribution is -2.34. The van der Waals surface area contributed by atoms with Crippen molar-refractivity contribution < 1.29 is 9.59 Å². The highest BCUT2D eigenvalue weighted by Gasteiger charge is 2.12. The predicted octanol–water partition coefficient (Wildman–Crippen LogP) is 2.68. The van der Waals surface area contributed by atoms with Crippen molar-refractivity contribution in [2.75, 3.05) is 10.6 Å². The van der Waals surface area contributed by atoms with Crippen molar-refractivity contribution in [1.82, 2.24) is 0 Å². The van der Waals surface area contributed by atoms with E-state index < -0.39 is 6.04 Å². The molecule has 4 N–H and O–H groups in total. The summed E-state index contributed by atoms with van der Waals surface area (Å²) in [6, 6.07) is 10.0. The minimum absolute atomic E-state index is 0.168. The molecule has 0 aliphatic heterocycles. The zero-order valence-electron chi connectivity index (χ0n) is 11.6. The molecule has 2 aromatic rings. The number of carbonyl (C=O) groups is 2. The van der Waals surface area contributed by atoms with Crippen LogP contribution < -0.4 is 16.4 Å². The van der Waals surface area contributed by atoms with Gasteiger partial charge in [0, 0.05) is 11.4 Å². The second-order valence-corrected chi connectivity index (χ2v) is 5.46. The first-order valence-electron chi connectivity index (χ1n) is 6.61. The van der Waals surface area contributed by atoms with E-state index in [9.17, 15) is 9.59 Å². The third-order valence-electron chi connectivity index (χ3n) is 2.91. The molecule has 0 aliphatic carbocycles. The van der Waals surface area contributed by atoms with Crippen LogP contribution in [0, 0.1) is 0 Å². The largest absolute Gasteiger partial charge is 0.325 e. The molecular weight excluding hydrogens is 286 g/mol. The summed E-state index contributed by atoms with van der Waals surface area (Å²) < 4.78 is 0. The fourth-order valence-electron chi connectivity index (χ4n) is 1.70. The molecule has 0 saturated carbocycles. The molecule has 1 aromatic heterocycles. The number of benzene rings is 1. The molecule has 2 amide bonds. The Morgan fingerprint density at radius 3 is 2.52 bits per heavy atom. The van der Waals surface area contributed by atoms with Crippen molar-refractivity contribution in [2.24, 2.45) is 5.73 Å². The van der Waals surface area contributed by atoms with Crippen LogP contribution in [0.3, 0.4) is 0 Å². The first-order valence-corrected chi connectivity index (χ1v) is 7.49. The number of hydrogen-bond donors (Lipinski definition) is 3. The minimum Gasteiger partial charge on any atom is -0.325 e. The fourth-order valence-corrected chi connectivity index (χ4v) is 2.31. The van der Waals surface area contributed by atoms with Crippen molar-refractivity contribution in [3.63, 3.8) is 0 Å². The molecule has 0 unspecified atom stereocenters. The Morgan fingerprint density at radius 2 is 1.90 bits per heavy atom. The van der Waals surface area contributed by atoms with Gasteiger partial charge in [-0.1, -0.05) is 19.1 Å². The highest BCUT2D eigenvalue weighted by atomic mass is 32.1. The van der Waals surface area contributed by atoms with Gasteiger partial charge in [-0.15, -0.1) is 11.3 Å². The molecule has 21 heavy (non-hydrogen) atoms. The average Bonchev–Trinajstić information content (AvgIpc) is 3.01. The molecule has 1 heterocycles. The van der Waals surface area contributed by atoms with Crippen molar-refractivity contribution in [1.29, 1.82) is 0 Å². The predicted molar refractivity (Wildman–Crippen MR) is 85.6 cm³/mol. The summed E-state index contributed by atoms with van der Waals surface area (Å²) >= 11 is 1.37. The third-order valence-corrected chi connectivity index (χ3v) is 3.78. The Labute approximate surface area is 127 Å². The van der Waals surface area contributed by atoms with E-state index in [4.69, 9.17) is 5.73 Å². The molecule has 6 heteroatoms. The smallest absolute Gasteiger partial charge is 0.265 e. The van der Waals surface area contributed by atoms with E-state index >= 15 is 0 Å². The maximum absolute atomic E-state index is 12.0. The van der Waals surface area contributed by atoms with Gasteiger partial charge in [0.25, 0.3) is 5.91 Å². The fraction of sp³-hybridized carbons (Fsp3) is 0.200. The molecule has 0 spiro atoms. The number of hydrogen-bond acceptors (Lipinski definition) is 4. The summed E-state index contributed by atoms with van der Waals surface area (Å²) in [5.74, 6) is -0.405. The minimum atomic E-state index is -0.533. The van der Waals surface area contributed by atoms with Crippen molar-refractivity contribution in [2.45, 2.75) is 19.4 Å². The molecule has 0 bridgehead atoms. The Kier molecular flexibility index (Phi) is 5.08. The number of nitrogens with two attached hydrogens (primary N) is 1. The van der Waals surface area contributed by atoms with Gasteiger partial charge in [0.15, 0.2) is 0 Å². The van der Waals surface area contributed by atoms with E-state index in [-0.39, 0.29) is 11.8 Å². The Morgan fingerprint density at radius 1 is 1.19 bits per heavy atom. The third kappa shape index (κ3) is 4.14. The van der Waals surface area contributed by atoms with E-state index in [2.05, 4.69) is 10.6 Å². The lowest BCUT2D eigenvalue weighted by molar-refractivity contribution is -0.117. The van der Waals surface area contributed by atoms with Gasteiger partial charge in [-0.05, 0) is 36.1 Å². The van der Waals surface area contributed by atoms with Crippen molar-refractivity contribution >= 4 is 34.5 Å². The van der Waals surface area contributed by atoms with Gasteiger partial charge in [0.05, 0.1) is 10.9 Å². The van der Waals surface area contributed by atoms with Gasteiger partial charge < -0.3 is 16.4 Å². The Hall–Kier alpha value is -2.18. The number of rotatable bonds is 5. The highest BCUT2D eigenvalue weighted by Crippen LogP contribution is 2.17. The maximum atomic E-state index is 12.0. The van der Waals surface area contributed by atoms with E-state index in [1.807, 2.05) is 18.4 Å². The van der Waals surface area contributed by atoms with Crippen LogP contribution in [0.1, 0.15) is 23.0 Å². The summed E-state index contributed by atoms with van der Waals surface area (Å²) in [4.78, 5) is 24.3. The zero-order chi connectivity index (χ0) is 15.2. The summed E-state index contributed by atoms with van der Waals surface area (Å²) in [6.45, 7) is 1.85. The van der Waals surface area contributed by atoms with Crippen LogP contribution in [0.5, 0.6) is 0 Å². The molecular formula is C15H17N3O2S. The van der Waals surface area contributed by atoms with Gasteiger partial charge >= 0.3 is 0 Å². The molecule has 0 aliphatic rings. The first kappa shape index (κ1) is 15.2. The number of carbonyl (C=O) groups excluding carboxylic acids is 2. The maximum Gasteiger partial charge on any atom is 0.265 e. The molecule has 5 nitrogen and oxygen atoms in total. The van der Waals surface area contributed by atoms with Gasteiger partial charge in [-0.25, -0.2) is 0 Å². The van der Waals surface area contributed by atoms with Gasteiger partial charge in [0.2, 0.25) is 5.91 Å². The monoisotopic (exact) mass is 303 g/mol. The SMILES string of the molecule is CC[C@@H](N)C(=O)Nc1cccc(NC(=O)c2cccs2)c1. The van der Waals surface area contributed by atoms with E-state index in [1.165, 1.54) is 11.3 Å². The molecule has 1 aromatic carbocycles. The first-order chi connectivity index (χ1) is 10.1. The summed E-state index contributed by atoms with van der Waals surface area (Å²) in [5, 5.41) is 7.36. The molecule has 0 radical (unpaired) electrons. The number of amides is 2. The molecule has 110 valence electrons. The topological polar surface area (TPSA) is 84.2 Å². The zero-order valence-corrected chi connectivity index (χ0v) is 12.4. The lowest BCUT2D eigenvalue weighted by Gasteiger charge is -2.11. The molecule has 2 rings (SSSR count). The van der Waals surface area contributed by atoms with Gasteiger partial charge in [0.1, 0.15) is 0 Å². The quantitative estimate of drug-likeness (QED) is 0.794. The summed E-state index contributed by atoms with van der Waals surface area (Å²) in [7, 11) is 0. The molecule has 0 fully saturated rings. The van der Waals surface area contributed by atoms with Crippen LogP contribution in [0.15, 0.2) is 41.8 Å². The molecule has 1 atom stereocenters. The van der Waals surface area contributed by atoms with E-state index in [0.29, 0.717) is 22.7 Å². The van der Waals surface area contributed by atoms with Crippen LogP contribution in [-0.2, 0) is 4.79 Å². The molecule has 0 saturated heterocycles. The van der Waals surface area contributed by atoms with Crippen molar-refractivity contribution in [3.8, 4) is 0 Å². The van der Waals surface area contributed by atoms with E-state index in [0.717, 1.165) is 0 Å². The van der Waals surface area contributed by atoms with Gasteiger partial charge in [-0.3, -0.25) is 9.59 Å². The van der Waals surface area contributed by atoms with Crippen LogP contribution in [0.4, 0.5) is 11.4 Å². The van der Waals surface area contributed by atoms with Crippen molar-refractivity contribution in [3.05, 3.63) is 46.7 Å². The Bertz CT molecular complexity index is 626. The standard InChI is InChI=1S/C15H17N3O2S/c1-2-12(16)14(19)17-10-5-3-6-11(9-10)18-15(20)13-7-4-8-21-13/h3-9,12H,2,16H2,1H3,(H,17,19)(H,18,20)/t12-/m1/s1. The van der Waals surface area contributed by atoms with Crippen LogP contribution >= 0.6 is 11.3 Å². The average molecular weight is 303 g/mol. The van der Waals surface area contributed by atoms with Crippen LogP contribution in [0.2, 0.25) is 0 Å². The van der Waals surface area contributed by atoms with Crippen LogP contribution in [0.25, 0.3) is 0 Å². The van der Waals surface area contributed by atoms with E-state index in [1.54, 1.807) is 30.3 Å². The second kappa shape index (κ2) is 7.01. The lowest BCUT2D eigenvalue weighted by atomic mass is 10.2. The summed E-state index contributed by atoms with van der Waals surface area (Å²) in [6.07, 6.45) is 0.570. The second-order valence-electron chi connectivity index (χ2n) is 4.52. The summed E-state index contributed by atoms with van der Waals surface area (Å²) in [5.41, 5.74) is 6.89. The number of nitrogens with one attached hydrogen (secondary N) is 2.